The Morgan fingerprint density at radius 2 is 2.00 bits per heavy atom. The van der Waals surface area contributed by atoms with Crippen molar-refractivity contribution in [2.24, 2.45) is 0 Å². The third-order valence-electron chi connectivity index (χ3n) is 3.41. The average Bonchev–Trinajstić information content (AvgIpc) is 2.46. The predicted octanol–water partition coefficient (Wildman–Crippen LogP) is 2.19. The van der Waals surface area contributed by atoms with Gasteiger partial charge in [0.15, 0.2) is 0 Å². The molecule has 0 saturated carbocycles. The summed E-state index contributed by atoms with van der Waals surface area (Å²) in [6.07, 6.45) is 0. The van der Waals surface area contributed by atoms with E-state index < -0.39 is 4.92 Å². The molecule has 0 radical (unpaired) electrons. The molecule has 1 amide bonds. The number of hydrogen-bond donors (Lipinski definition) is 0. The lowest BCUT2D eigenvalue weighted by molar-refractivity contribution is -0.385. The molecule has 0 aromatic heterocycles. The van der Waals surface area contributed by atoms with E-state index >= 15 is 0 Å². The Balaban J connectivity index is 2.34. The van der Waals surface area contributed by atoms with Crippen molar-refractivity contribution in [2.75, 3.05) is 26.3 Å². The van der Waals surface area contributed by atoms with Crippen molar-refractivity contribution < 1.29 is 14.5 Å². The molecular formula is C14H18N2O4. The van der Waals surface area contributed by atoms with Crippen LogP contribution < -0.4 is 0 Å². The fourth-order valence-corrected chi connectivity index (χ4v) is 2.18. The van der Waals surface area contributed by atoms with Gasteiger partial charge in [-0.15, -0.1) is 0 Å². The highest BCUT2D eigenvalue weighted by atomic mass is 16.6. The molecule has 0 unspecified atom stereocenters. The number of hydrogen-bond acceptors (Lipinski definition) is 4. The molecule has 1 aliphatic rings. The second-order valence-corrected chi connectivity index (χ2v) is 5.09. The van der Waals surface area contributed by atoms with Crippen LogP contribution in [0.4, 0.5) is 5.69 Å². The minimum absolute atomic E-state index is 0.118. The monoisotopic (exact) mass is 278 g/mol. The number of carbonyl (C=O) groups excluding carboxylic acids is 1. The van der Waals surface area contributed by atoms with E-state index in [1.807, 2.05) is 13.8 Å². The van der Waals surface area contributed by atoms with Gasteiger partial charge in [-0.1, -0.05) is 19.9 Å². The summed E-state index contributed by atoms with van der Waals surface area (Å²) in [5.41, 5.74) is 0.893. The summed E-state index contributed by atoms with van der Waals surface area (Å²) in [5, 5.41) is 11.2. The lowest BCUT2D eigenvalue weighted by Crippen LogP contribution is -2.40. The smallest absolute Gasteiger partial charge is 0.282 e. The first-order valence-corrected chi connectivity index (χ1v) is 6.66. The molecule has 1 heterocycles. The topological polar surface area (TPSA) is 72.7 Å². The van der Waals surface area contributed by atoms with Crippen molar-refractivity contribution in [3.05, 3.63) is 39.4 Å². The van der Waals surface area contributed by atoms with E-state index in [0.29, 0.717) is 26.3 Å². The van der Waals surface area contributed by atoms with Gasteiger partial charge in [0.25, 0.3) is 11.6 Å². The molecule has 20 heavy (non-hydrogen) atoms. The summed E-state index contributed by atoms with van der Waals surface area (Å²) < 4.78 is 5.19. The third kappa shape index (κ3) is 2.96. The summed E-state index contributed by atoms with van der Waals surface area (Å²) in [7, 11) is 0. The maximum Gasteiger partial charge on any atom is 0.282 e. The number of carbonyl (C=O) groups is 1. The van der Waals surface area contributed by atoms with E-state index in [1.54, 1.807) is 17.0 Å². The van der Waals surface area contributed by atoms with Crippen LogP contribution in [0, 0.1) is 10.1 Å². The van der Waals surface area contributed by atoms with E-state index in [0.717, 1.165) is 5.56 Å². The van der Waals surface area contributed by atoms with Gasteiger partial charge >= 0.3 is 0 Å². The fourth-order valence-electron chi connectivity index (χ4n) is 2.18. The number of nitro groups is 1. The Morgan fingerprint density at radius 3 is 2.55 bits per heavy atom. The third-order valence-corrected chi connectivity index (χ3v) is 3.41. The van der Waals surface area contributed by atoms with Gasteiger partial charge in [-0.2, -0.15) is 0 Å². The highest BCUT2D eigenvalue weighted by molar-refractivity contribution is 5.98. The van der Waals surface area contributed by atoms with Gasteiger partial charge in [0.2, 0.25) is 0 Å². The molecule has 6 heteroatoms. The number of nitro benzene ring substituents is 1. The van der Waals surface area contributed by atoms with Crippen LogP contribution in [0.5, 0.6) is 0 Å². The predicted molar refractivity (Wildman–Crippen MR) is 73.9 cm³/mol. The highest BCUT2D eigenvalue weighted by Gasteiger charge is 2.26. The molecule has 1 fully saturated rings. The first kappa shape index (κ1) is 14.5. The molecule has 0 atom stereocenters. The van der Waals surface area contributed by atoms with Crippen LogP contribution in [0.15, 0.2) is 18.2 Å². The minimum Gasteiger partial charge on any atom is -0.378 e. The standard InChI is InChI=1S/C14H18N2O4/c1-10(2)11-3-4-12(13(9-11)16(18)19)14(17)15-5-7-20-8-6-15/h3-4,9-10H,5-8H2,1-2H3. The summed E-state index contributed by atoms with van der Waals surface area (Å²) >= 11 is 0. The summed E-state index contributed by atoms with van der Waals surface area (Å²) in [6, 6.07) is 4.84. The summed E-state index contributed by atoms with van der Waals surface area (Å²) in [4.78, 5) is 24.7. The van der Waals surface area contributed by atoms with Crippen LogP contribution in [0.2, 0.25) is 0 Å². The van der Waals surface area contributed by atoms with Gasteiger partial charge in [0.05, 0.1) is 18.1 Å². The van der Waals surface area contributed by atoms with Crippen molar-refractivity contribution in [3.63, 3.8) is 0 Å². The molecule has 108 valence electrons. The molecule has 1 aromatic rings. The Kier molecular flexibility index (Phi) is 4.34. The Hall–Kier alpha value is -1.95. The SMILES string of the molecule is CC(C)c1ccc(C(=O)N2CCOCC2)c([N+](=O)[O-])c1. The van der Waals surface area contributed by atoms with E-state index in [1.165, 1.54) is 6.07 Å². The zero-order chi connectivity index (χ0) is 14.7. The first-order valence-electron chi connectivity index (χ1n) is 6.66. The fraction of sp³-hybridized carbons (Fsp3) is 0.500. The van der Waals surface area contributed by atoms with Crippen molar-refractivity contribution >= 4 is 11.6 Å². The van der Waals surface area contributed by atoms with E-state index in [-0.39, 0.29) is 23.1 Å². The van der Waals surface area contributed by atoms with Crippen molar-refractivity contribution in [3.8, 4) is 0 Å². The molecule has 0 N–H and O–H groups in total. The van der Waals surface area contributed by atoms with Crippen LogP contribution >= 0.6 is 0 Å². The number of rotatable bonds is 3. The lowest BCUT2D eigenvalue weighted by Gasteiger charge is -2.26. The largest absolute Gasteiger partial charge is 0.378 e. The molecule has 2 rings (SSSR count). The van der Waals surface area contributed by atoms with E-state index in [2.05, 4.69) is 0 Å². The molecule has 1 aromatic carbocycles. The molecule has 0 spiro atoms. The molecule has 0 bridgehead atoms. The van der Waals surface area contributed by atoms with Crippen LogP contribution in [-0.4, -0.2) is 42.0 Å². The van der Waals surface area contributed by atoms with Crippen molar-refractivity contribution in [1.82, 2.24) is 4.90 Å². The van der Waals surface area contributed by atoms with Crippen LogP contribution in [0.3, 0.4) is 0 Å². The lowest BCUT2D eigenvalue weighted by atomic mass is 9.99. The summed E-state index contributed by atoms with van der Waals surface area (Å²) in [5.74, 6) is -0.114. The number of ether oxygens (including phenoxy) is 1. The normalized spacial score (nSPS) is 15.4. The maximum atomic E-state index is 12.4. The second-order valence-electron chi connectivity index (χ2n) is 5.09. The molecule has 6 nitrogen and oxygen atoms in total. The Morgan fingerprint density at radius 1 is 1.35 bits per heavy atom. The van der Waals surface area contributed by atoms with Crippen LogP contribution in [-0.2, 0) is 4.74 Å². The van der Waals surface area contributed by atoms with Crippen LogP contribution in [0.1, 0.15) is 35.7 Å². The maximum absolute atomic E-state index is 12.4. The number of morpholine rings is 1. The van der Waals surface area contributed by atoms with Crippen molar-refractivity contribution in [1.29, 1.82) is 0 Å². The summed E-state index contributed by atoms with van der Waals surface area (Å²) in [6.45, 7) is 5.82. The van der Waals surface area contributed by atoms with Gasteiger partial charge in [-0.05, 0) is 17.5 Å². The first-order chi connectivity index (χ1) is 9.50. The Labute approximate surface area is 117 Å². The zero-order valence-corrected chi connectivity index (χ0v) is 11.7. The average molecular weight is 278 g/mol. The molecule has 1 aliphatic heterocycles. The van der Waals surface area contributed by atoms with Gasteiger partial charge < -0.3 is 9.64 Å². The molecular weight excluding hydrogens is 260 g/mol. The van der Waals surface area contributed by atoms with Gasteiger partial charge in [0.1, 0.15) is 5.56 Å². The van der Waals surface area contributed by atoms with E-state index in [4.69, 9.17) is 4.74 Å². The van der Waals surface area contributed by atoms with Gasteiger partial charge in [0, 0.05) is 19.2 Å². The number of nitrogens with zero attached hydrogens (tertiary/aromatic N) is 2. The highest BCUT2D eigenvalue weighted by Crippen LogP contribution is 2.26. The number of benzene rings is 1. The Bertz CT molecular complexity index is 522. The number of amides is 1. The van der Waals surface area contributed by atoms with Gasteiger partial charge in [-0.25, -0.2) is 0 Å². The van der Waals surface area contributed by atoms with Gasteiger partial charge in [-0.3, -0.25) is 14.9 Å². The van der Waals surface area contributed by atoms with E-state index in [9.17, 15) is 14.9 Å². The van der Waals surface area contributed by atoms with Crippen molar-refractivity contribution in [2.45, 2.75) is 19.8 Å². The quantitative estimate of drug-likeness (QED) is 0.627. The second kappa shape index (κ2) is 6.00. The zero-order valence-electron chi connectivity index (χ0n) is 11.7. The minimum atomic E-state index is -0.487. The molecule has 1 saturated heterocycles. The molecule has 0 aliphatic carbocycles. The van der Waals surface area contributed by atoms with Crippen LogP contribution in [0.25, 0.3) is 0 Å².